The van der Waals surface area contributed by atoms with Crippen molar-refractivity contribution in [2.75, 3.05) is 19.1 Å². The van der Waals surface area contributed by atoms with Crippen molar-refractivity contribution in [1.82, 2.24) is 0 Å². The first-order chi connectivity index (χ1) is 13.3. The smallest absolute Gasteiger partial charge is 0.270 e. The Morgan fingerprint density at radius 2 is 1.93 bits per heavy atom. The predicted octanol–water partition coefficient (Wildman–Crippen LogP) is 2.78. The molecule has 0 aromatic heterocycles. The van der Waals surface area contributed by atoms with Gasteiger partial charge in [-0.2, -0.15) is 0 Å². The molecule has 0 saturated carbocycles. The number of carboxylic acids is 1. The second-order valence-electron chi connectivity index (χ2n) is 5.91. The summed E-state index contributed by atoms with van der Waals surface area (Å²) in [6.07, 6.45) is 1.68. The topological polar surface area (TPSA) is 78.9 Å². The summed E-state index contributed by atoms with van der Waals surface area (Å²) in [6, 6.07) is 9.71. The van der Waals surface area contributed by atoms with Crippen molar-refractivity contribution < 1.29 is 24.2 Å². The molecule has 3 rings (SSSR count). The molecule has 0 atom stereocenters. The molecule has 0 aliphatic carbocycles. The van der Waals surface area contributed by atoms with Crippen LogP contribution in [0.25, 0.3) is 6.08 Å². The second kappa shape index (κ2) is 8.04. The molecule has 1 amide bonds. The maximum Gasteiger partial charge on any atom is 0.270 e. The quantitative estimate of drug-likeness (QED) is 0.550. The molecule has 1 heterocycles. The first-order valence-electron chi connectivity index (χ1n) is 8.17. The van der Waals surface area contributed by atoms with E-state index in [1.165, 1.54) is 17.0 Å². The monoisotopic (exact) mass is 414 g/mol. The number of hydrogen-bond acceptors (Lipinski definition) is 7. The molecule has 1 saturated heterocycles. The van der Waals surface area contributed by atoms with Gasteiger partial charge in [0.05, 0.1) is 30.8 Å². The molecule has 0 unspecified atom stereocenters. The molecule has 1 aliphatic rings. The van der Waals surface area contributed by atoms with Crippen molar-refractivity contribution in [3.05, 3.63) is 58.0 Å². The minimum atomic E-state index is -1.32. The van der Waals surface area contributed by atoms with Gasteiger partial charge in [-0.25, -0.2) is 0 Å². The van der Waals surface area contributed by atoms with Crippen LogP contribution >= 0.6 is 24.0 Å². The van der Waals surface area contributed by atoms with Gasteiger partial charge in [-0.1, -0.05) is 36.1 Å². The molecule has 144 valence electrons. The number of rotatable bonds is 5. The lowest BCUT2D eigenvalue weighted by atomic mass is 10.1. The lowest BCUT2D eigenvalue weighted by Gasteiger charge is -2.18. The van der Waals surface area contributed by atoms with E-state index in [1.807, 2.05) is 0 Å². The lowest BCUT2D eigenvalue weighted by molar-refractivity contribution is -0.255. The fourth-order valence-corrected chi connectivity index (χ4v) is 4.02. The number of nitrogens with zero attached hydrogens (tertiary/aromatic N) is 1. The van der Waals surface area contributed by atoms with Crippen LogP contribution in [0, 0.1) is 6.92 Å². The van der Waals surface area contributed by atoms with Gasteiger partial charge in [-0.05, 0) is 48.4 Å². The minimum Gasteiger partial charge on any atom is -0.545 e. The molecular formula is C20H16NO5S2-. The molecule has 1 fully saturated rings. The first kappa shape index (κ1) is 19.9. The number of anilines is 1. The van der Waals surface area contributed by atoms with E-state index < -0.39 is 5.97 Å². The van der Waals surface area contributed by atoms with Crippen LogP contribution in [0.5, 0.6) is 11.5 Å². The fraction of sp³-hybridized carbons (Fsp3) is 0.150. The van der Waals surface area contributed by atoms with Gasteiger partial charge >= 0.3 is 0 Å². The number of hydrogen-bond donors (Lipinski definition) is 0. The van der Waals surface area contributed by atoms with E-state index in [0.29, 0.717) is 32.0 Å². The van der Waals surface area contributed by atoms with E-state index >= 15 is 0 Å². The van der Waals surface area contributed by atoms with E-state index in [0.717, 1.165) is 17.3 Å². The Balaban J connectivity index is 2.03. The molecule has 28 heavy (non-hydrogen) atoms. The highest BCUT2D eigenvalue weighted by Crippen LogP contribution is 2.39. The Labute approximate surface area is 171 Å². The van der Waals surface area contributed by atoms with Crippen LogP contribution in [0.4, 0.5) is 5.69 Å². The van der Waals surface area contributed by atoms with Gasteiger partial charge in [0, 0.05) is 5.56 Å². The average Bonchev–Trinajstić information content (AvgIpc) is 2.95. The Hall–Kier alpha value is -2.84. The second-order valence-corrected chi connectivity index (χ2v) is 7.59. The van der Waals surface area contributed by atoms with E-state index in [4.69, 9.17) is 21.7 Å². The molecule has 0 N–H and O–H groups in total. The highest BCUT2D eigenvalue weighted by Gasteiger charge is 2.34. The van der Waals surface area contributed by atoms with Gasteiger partial charge in [0.1, 0.15) is 11.5 Å². The van der Waals surface area contributed by atoms with Crippen LogP contribution in [0.1, 0.15) is 21.5 Å². The molecule has 2 aromatic rings. The SMILES string of the molecule is COc1ccc(OC)c(/C=C2\SC(=S)N(c3cc(C(=O)[O-])ccc3C)C2=O)c1. The number of thiocarbonyl (C=S) groups is 1. The van der Waals surface area contributed by atoms with Gasteiger partial charge in [0.15, 0.2) is 4.32 Å². The minimum absolute atomic E-state index is 0.0203. The standard InChI is InChI=1S/C20H17NO5S2/c1-11-4-5-12(19(23)24)9-15(11)21-18(22)17(28-20(21)27)10-13-8-14(25-2)6-7-16(13)26-3/h4-10H,1-3H3,(H,23,24)/p-1/b17-10-. The number of carboxylic acid groups (broad SMARTS) is 1. The summed E-state index contributed by atoms with van der Waals surface area (Å²) in [4.78, 5) is 25.9. The highest BCUT2D eigenvalue weighted by molar-refractivity contribution is 8.27. The summed E-state index contributed by atoms with van der Waals surface area (Å²) in [5.41, 5.74) is 1.79. The van der Waals surface area contributed by atoms with E-state index in [1.54, 1.807) is 51.5 Å². The number of carbonyl (C=O) groups excluding carboxylic acids is 2. The summed E-state index contributed by atoms with van der Waals surface area (Å²) >= 11 is 6.52. The number of amides is 1. The number of benzene rings is 2. The van der Waals surface area contributed by atoms with Crippen molar-refractivity contribution in [3.63, 3.8) is 0 Å². The van der Waals surface area contributed by atoms with Crippen LogP contribution in [0.3, 0.4) is 0 Å². The maximum atomic E-state index is 13.0. The Bertz CT molecular complexity index is 1020. The third kappa shape index (κ3) is 3.74. The number of ether oxygens (including phenoxy) is 2. The molecule has 2 aromatic carbocycles. The summed E-state index contributed by atoms with van der Waals surface area (Å²) < 4.78 is 10.9. The molecule has 1 aliphatic heterocycles. The maximum absolute atomic E-state index is 13.0. The fourth-order valence-electron chi connectivity index (χ4n) is 2.75. The van der Waals surface area contributed by atoms with Crippen LogP contribution in [0.2, 0.25) is 0 Å². The van der Waals surface area contributed by atoms with Gasteiger partial charge in [-0.15, -0.1) is 0 Å². The van der Waals surface area contributed by atoms with E-state index in [9.17, 15) is 14.7 Å². The van der Waals surface area contributed by atoms with Crippen LogP contribution < -0.4 is 19.5 Å². The Morgan fingerprint density at radius 1 is 1.18 bits per heavy atom. The third-order valence-corrected chi connectivity index (χ3v) is 5.51. The van der Waals surface area contributed by atoms with Gasteiger partial charge in [0.25, 0.3) is 5.91 Å². The van der Waals surface area contributed by atoms with Gasteiger partial charge in [0.2, 0.25) is 0 Å². The largest absolute Gasteiger partial charge is 0.545 e. The first-order valence-corrected chi connectivity index (χ1v) is 9.40. The lowest BCUT2D eigenvalue weighted by Crippen LogP contribution is -2.29. The van der Waals surface area contributed by atoms with Crippen LogP contribution in [-0.4, -0.2) is 30.4 Å². The predicted molar refractivity (Wildman–Crippen MR) is 111 cm³/mol. The average molecular weight is 414 g/mol. The highest BCUT2D eigenvalue weighted by atomic mass is 32.2. The molecular weight excluding hydrogens is 398 g/mol. The Morgan fingerprint density at radius 3 is 2.57 bits per heavy atom. The van der Waals surface area contributed by atoms with E-state index in [-0.39, 0.29) is 11.5 Å². The number of thioether (sulfide) groups is 1. The zero-order chi connectivity index (χ0) is 20.4. The summed E-state index contributed by atoms with van der Waals surface area (Å²) in [7, 11) is 3.09. The third-order valence-electron chi connectivity index (χ3n) is 4.20. The molecule has 6 nitrogen and oxygen atoms in total. The molecule has 0 bridgehead atoms. The van der Waals surface area contributed by atoms with E-state index in [2.05, 4.69) is 0 Å². The van der Waals surface area contributed by atoms with Crippen LogP contribution in [-0.2, 0) is 4.79 Å². The number of carbonyl (C=O) groups is 2. The van der Waals surface area contributed by atoms with Gasteiger partial charge in [-0.3, -0.25) is 9.69 Å². The Kier molecular flexibility index (Phi) is 5.71. The number of aryl methyl sites for hydroxylation is 1. The van der Waals surface area contributed by atoms with Crippen molar-refractivity contribution >= 4 is 51.9 Å². The van der Waals surface area contributed by atoms with Gasteiger partial charge < -0.3 is 19.4 Å². The molecule has 8 heteroatoms. The zero-order valence-electron chi connectivity index (χ0n) is 15.3. The number of aromatic carboxylic acids is 1. The molecule has 0 spiro atoms. The summed E-state index contributed by atoms with van der Waals surface area (Å²) in [5.74, 6) is -0.442. The zero-order valence-corrected chi connectivity index (χ0v) is 17.0. The van der Waals surface area contributed by atoms with Crippen molar-refractivity contribution in [2.24, 2.45) is 0 Å². The summed E-state index contributed by atoms with van der Waals surface area (Å²) in [6.45, 7) is 1.78. The van der Waals surface area contributed by atoms with Crippen molar-refractivity contribution in [2.45, 2.75) is 6.92 Å². The molecule has 0 radical (unpaired) electrons. The van der Waals surface area contributed by atoms with Crippen LogP contribution in [0.15, 0.2) is 41.3 Å². The number of methoxy groups -OCH3 is 2. The summed E-state index contributed by atoms with van der Waals surface area (Å²) in [5, 5.41) is 11.2. The van der Waals surface area contributed by atoms with Crippen molar-refractivity contribution in [3.8, 4) is 11.5 Å². The van der Waals surface area contributed by atoms with Crippen molar-refractivity contribution in [1.29, 1.82) is 0 Å². The normalized spacial score (nSPS) is 15.2.